The number of hydrogen-bond donors (Lipinski definition) is 3. The zero-order valence-electron chi connectivity index (χ0n) is 60.5. The molecule has 0 unspecified atom stereocenters. The van der Waals surface area contributed by atoms with E-state index in [1.165, 1.54) is 68.0 Å². The highest BCUT2D eigenvalue weighted by Gasteiger charge is 2.52. The van der Waals surface area contributed by atoms with E-state index in [0.717, 1.165) is 83.7 Å². The molecule has 3 N–H and O–H groups in total. The molecule has 3 heterocycles. The third-order valence-electron chi connectivity index (χ3n) is 22.1. The van der Waals surface area contributed by atoms with Gasteiger partial charge in [-0.15, -0.1) is 0 Å². The number of alkyl halides is 6. The molecular formula is C71H105ClF6N12O12. The van der Waals surface area contributed by atoms with Crippen molar-refractivity contribution in [2.24, 2.45) is 17.8 Å². The summed E-state index contributed by atoms with van der Waals surface area (Å²) in [6, 6.07) is -7.77. The van der Waals surface area contributed by atoms with Crippen molar-refractivity contribution in [3.8, 4) is 0 Å². The molecule has 0 radical (unpaired) electrons. The van der Waals surface area contributed by atoms with Crippen LogP contribution in [0.3, 0.4) is 0 Å². The van der Waals surface area contributed by atoms with E-state index in [1.54, 1.807) is 13.8 Å². The highest BCUT2D eigenvalue weighted by atomic mass is 35.5. The largest absolute Gasteiger partial charge is 0.417 e. The van der Waals surface area contributed by atoms with E-state index in [0.29, 0.717) is 56.3 Å². The highest BCUT2D eigenvalue weighted by molar-refractivity contribution is 6.31. The fourth-order valence-electron chi connectivity index (χ4n) is 15.6. The average Bonchev–Trinajstić information content (AvgIpc) is 1.34. The molecule has 3 saturated carbocycles. The third-order valence-corrected chi connectivity index (χ3v) is 22.4. The first kappa shape index (κ1) is 82.0. The van der Waals surface area contributed by atoms with Gasteiger partial charge in [0, 0.05) is 69.0 Å². The first-order valence-electron chi connectivity index (χ1n) is 36.2. The van der Waals surface area contributed by atoms with E-state index in [1.807, 2.05) is 0 Å². The van der Waals surface area contributed by atoms with Gasteiger partial charge in [0.15, 0.2) is 0 Å². The maximum absolute atomic E-state index is 15.7. The quantitative estimate of drug-likeness (QED) is 0.217. The lowest BCUT2D eigenvalue weighted by atomic mass is 9.81. The van der Waals surface area contributed by atoms with E-state index in [-0.39, 0.29) is 82.5 Å². The highest BCUT2D eigenvalue weighted by Crippen LogP contribution is 2.39. The number of rotatable bonds is 10. The molecule has 1 aromatic rings. The number of carbonyl (C=O) groups excluding carboxylic acids is 12. The number of fused-ring (bicyclic) bond motifs is 1. The van der Waals surface area contributed by atoms with Crippen molar-refractivity contribution in [3.05, 3.63) is 34.3 Å². The van der Waals surface area contributed by atoms with E-state index in [9.17, 15) is 64.7 Å². The first-order chi connectivity index (χ1) is 48.0. The zero-order chi connectivity index (χ0) is 75.3. The van der Waals surface area contributed by atoms with Crippen molar-refractivity contribution < 1.29 is 83.9 Å². The predicted octanol–water partition coefficient (Wildman–Crippen LogP) is 6.33. The lowest BCUT2D eigenvalue weighted by molar-refractivity contribution is -0.163. The van der Waals surface area contributed by atoms with Gasteiger partial charge in [-0.2, -0.15) is 26.3 Å². The molecule has 6 fully saturated rings. The van der Waals surface area contributed by atoms with Gasteiger partial charge in [0.1, 0.15) is 47.8 Å². The number of benzene rings is 1. The topological polar surface area (TPSA) is 270 Å². The summed E-state index contributed by atoms with van der Waals surface area (Å²) >= 11 is 6.14. The normalized spacial score (nSPS) is 26.8. The van der Waals surface area contributed by atoms with Gasteiger partial charge in [-0.25, -0.2) is 0 Å². The van der Waals surface area contributed by atoms with Gasteiger partial charge < -0.3 is 60.0 Å². The fraction of sp³-hybridized carbons (Fsp3) is 0.746. The lowest BCUT2D eigenvalue weighted by Crippen LogP contribution is -2.65. The summed E-state index contributed by atoms with van der Waals surface area (Å²) in [5.41, 5.74) is -2.49. The van der Waals surface area contributed by atoms with Gasteiger partial charge in [0.05, 0.1) is 43.1 Å². The maximum atomic E-state index is 15.7. The third kappa shape index (κ3) is 20.8. The van der Waals surface area contributed by atoms with Gasteiger partial charge in [0.25, 0.3) is 0 Å². The molecule has 1 aromatic carbocycles. The second-order valence-corrected chi connectivity index (χ2v) is 29.8. The minimum absolute atomic E-state index is 0.0114. The molecule has 31 heteroatoms. The average molecular weight is 1470 g/mol. The fourth-order valence-corrected chi connectivity index (χ4v) is 15.9. The minimum Gasteiger partial charge on any atom is -0.343 e. The molecule has 6 aliphatic rings. The Morgan fingerprint density at radius 2 is 1.20 bits per heavy atom. The molecule has 3 aliphatic carbocycles. The van der Waals surface area contributed by atoms with E-state index >= 15 is 19.2 Å². The van der Waals surface area contributed by atoms with Gasteiger partial charge in [0.2, 0.25) is 70.9 Å². The van der Waals surface area contributed by atoms with Gasteiger partial charge in [-0.1, -0.05) is 102 Å². The minimum atomic E-state index is -5.10. The second kappa shape index (κ2) is 36.0. The smallest absolute Gasteiger partial charge is 0.343 e. The van der Waals surface area contributed by atoms with Crippen LogP contribution in [-0.4, -0.2) is 258 Å². The maximum Gasteiger partial charge on any atom is 0.417 e. The van der Waals surface area contributed by atoms with Crippen LogP contribution in [-0.2, 0) is 70.1 Å². The first-order valence-corrected chi connectivity index (χ1v) is 36.6. The number of nitrogens with zero attached hydrogens (tertiary/aromatic N) is 9. The van der Waals surface area contributed by atoms with Crippen LogP contribution in [0.4, 0.5) is 26.3 Å². The summed E-state index contributed by atoms with van der Waals surface area (Å²) < 4.78 is 86.0. The van der Waals surface area contributed by atoms with E-state index in [4.69, 9.17) is 11.6 Å². The summed E-state index contributed by atoms with van der Waals surface area (Å²) in [6.45, 7) is 1.63. The summed E-state index contributed by atoms with van der Waals surface area (Å²) in [7, 11) is 8.85. The number of halogens is 7. The summed E-state index contributed by atoms with van der Waals surface area (Å²) in [5.74, 6) is -11.5. The number of likely N-dealkylation sites (N-methyl/N-ethyl adjacent to an activating group) is 7. The monoisotopic (exact) mass is 1470 g/mol. The molecule has 12 amide bonds. The Kier molecular flexibility index (Phi) is 28.9. The molecule has 0 bridgehead atoms. The van der Waals surface area contributed by atoms with Crippen LogP contribution in [0.5, 0.6) is 0 Å². The van der Waals surface area contributed by atoms with Gasteiger partial charge >= 0.3 is 12.4 Å². The van der Waals surface area contributed by atoms with Crippen molar-refractivity contribution in [2.75, 3.05) is 88.6 Å². The second-order valence-electron chi connectivity index (χ2n) is 29.4. The Morgan fingerprint density at radius 3 is 1.79 bits per heavy atom. The summed E-state index contributed by atoms with van der Waals surface area (Å²) in [6.07, 6.45) is -2.28. The van der Waals surface area contributed by atoms with Gasteiger partial charge in [-0.3, -0.25) is 57.5 Å². The Hall–Kier alpha value is -7.27. The van der Waals surface area contributed by atoms with Crippen LogP contribution in [0.1, 0.15) is 179 Å². The summed E-state index contributed by atoms with van der Waals surface area (Å²) in [5, 5.41) is 7.57. The van der Waals surface area contributed by atoms with Crippen LogP contribution >= 0.6 is 11.6 Å². The van der Waals surface area contributed by atoms with Crippen LogP contribution in [0.2, 0.25) is 5.02 Å². The van der Waals surface area contributed by atoms with E-state index < -0.39 is 186 Å². The van der Waals surface area contributed by atoms with Crippen LogP contribution in [0.25, 0.3) is 0 Å². The molecule has 3 aliphatic heterocycles. The molecule has 102 heavy (non-hydrogen) atoms. The van der Waals surface area contributed by atoms with E-state index in [2.05, 4.69) is 16.0 Å². The van der Waals surface area contributed by atoms with Crippen molar-refractivity contribution in [2.45, 2.75) is 235 Å². The van der Waals surface area contributed by atoms with Crippen LogP contribution in [0.15, 0.2) is 18.2 Å². The van der Waals surface area contributed by atoms with Crippen molar-refractivity contribution >= 4 is 82.5 Å². The molecule has 7 rings (SSSR count). The molecule has 570 valence electrons. The van der Waals surface area contributed by atoms with Crippen molar-refractivity contribution in [1.29, 1.82) is 0 Å². The molecule has 1 spiro atoms. The van der Waals surface area contributed by atoms with Crippen molar-refractivity contribution in [3.63, 3.8) is 0 Å². The van der Waals surface area contributed by atoms with Crippen molar-refractivity contribution in [1.82, 2.24) is 60.0 Å². The van der Waals surface area contributed by atoms with Gasteiger partial charge in [-0.05, 0) is 112 Å². The number of nitrogens with one attached hydrogen (secondary N) is 3. The number of carbonyl (C=O) groups is 12. The molecular weight excluding hydrogens is 1360 g/mol. The summed E-state index contributed by atoms with van der Waals surface area (Å²) in [4.78, 5) is 188. The molecule has 3 saturated heterocycles. The zero-order valence-corrected chi connectivity index (χ0v) is 61.3. The Labute approximate surface area is 599 Å². The Morgan fingerprint density at radius 1 is 0.608 bits per heavy atom. The standard InChI is InChI=1S/C71H105ClF6N12O12/c1-10-44(2)59-66(100)84(5)42-57(93)82(3)43-58(94)85(6)52(38-45-23-14-11-15-24-45)64(98)83(4)41-55(91)79-50(31-29-46-28-30-48(49(72)37-46)71(76,77)78)63(97)90-36-22-27-51(90)62(96)81-69(32-18-19-33-69)68(102)88(9)60(47-25-16-12-17-26-47)67(101)87(8)53(65(99)89-34-20-13-21-35-89)39-56(92)86(7)54(61(95)80-59)40-70(73,74)75/h28,30,37,44-45,47,50-54,59-60H,10-27,29,31-36,38-43H2,1-9H3,(H,79,91)(H,80,95)(H,81,96)/t44-,50-,51-,52-,53-,54-,59-,60-/m0/s1. The number of likely N-dealkylation sites (tertiary alicyclic amines) is 1. The molecule has 0 aromatic heterocycles. The Balaban J connectivity index is 1.30. The number of piperidine rings is 1. The lowest BCUT2D eigenvalue weighted by Gasteiger charge is -2.43. The number of amides is 12. The Bertz CT molecular complexity index is 3190. The molecule has 8 atom stereocenters. The SMILES string of the molecule is CC[C@H](C)[C@@H]1NC(=O)[C@H](CC(F)(F)F)N(C)C(=O)C[C@@H](C(=O)N2CCCCC2)N(C)C(=O)[C@H](C2CCCCC2)N(C)C(=O)C2(CCCC2)NC(=O)[C@@H]2CCCN2C(=O)[C@H](CCc2ccc(C(F)(F)F)c(Cl)c2)NC(=O)CN(C)C(=O)[C@H](CC2CCCCC2)N(C)C(=O)CN(C)C(=O)CN(C)C1=O. The molecule has 24 nitrogen and oxygen atoms in total. The predicted molar refractivity (Wildman–Crippen MR) is 365 cm³/mol. The van der Waals surface area contributed by atoms with Crippen LogP contribution in [0, 0.1) is 17.8 Å². The van der Waals surface area contributed by atoms with Crippen LogP contribution < -0.4 is 16.0 Å². The number of hydrogen-bond acceptors (Lipinski definition) is 12. The number of aryl methyl sites for hydroxylation is 1.